The van der Waals surface area contributed by atoms with Gasteiger partial charge in [-0.3, -0.25) is 0 Å². The molecule has 4 heteroatoms. The smallest absolute Gasteiger partial charge is 0.0900 e. The van der Waals surface area contributed by atoms with Gasteiger partial charge in [0.05, 0.1) is 12.7 Å². The Morgan fingerprint density at radius 1 is 1.33 bits per heavy atom. The molecule has 0 amide bonds. The fourth-order valence-electron chi connectivity index (χ4n) is 2.54. The van der Waals surface area contributed by atoms with Crippen molar-refractivity contribution in [1.29, 1.82) is 0 Å². The summed E-state index contributed by atoms with van der Waals surface area (Å²) >= 11 is 0. The first-order chi connectivity index (χ1) is 8.63. The van der Waals surface area contributed by atoms with Gasteiger partial charge in [-0.2, -0.15) is 0 Å². The molecule has 0 radical (unpaired) electrons. The lowest BCUT2D eigenvalue weighted by Gasteiger charge is -2.34. The number of nitrogens with two attached hydrogens (primary N) is 1. The summed E-state index contributed by atoms with van der Waals surface area (Å²) < 4.78 is 5.44. The second-order valence-electron chi connectivity index (χ2n) is 5.59. The van der Waals surface area contributed by atoms with Crippen molar-refractivity contribution >= 4 is 0 Å². The summed E-state index contributed by atoms with van der Waals surface area (Å²) in [5, 5.41) is 9.91. The molecule has 1 unspecified atom stereocenters. The van der Waals surface area contributed by atoms with Gasteiger partial charge in [0, 0.05) is 25.2 Å². The van der Waals surface area contributed by atoms with Gasteiger partial charge in [-0.25, -0.2) is 0 Å². The van der Waals surface area contributed by atoms with Gasteiger partial charge in [0.25, 0.3) is 0 Å². The molecule has 0 saturated heterocycles. The van der Waals surface area contributed by atoms with Crippen LogP contribution in [0.1, 0.15) is 45.4 Å². The lowest BCUT2D eigenvalue weighted by Crippen LogP contribution is -2.42. The molecule has 1 atom stereocenters. The van der Waals surface area contributed by atoms with E-state index in [1.54, 1.807) is 0 Å². The summed E-state index contributed by atoms with van der Waals surface area (Å²) in [5.41, 5.74) is 5.90. The van der Waals surface area contributed by atoms with Crippen molar-refractivity contribution in [3.05, 3.63) is 0 Å². The standard InChI is InChI=1S/C14H30N2O2/c1-3-4-9-18-11-14(17)10-16(2)13-7-5-12(15)6-8-13/h12-14,17H,3-11,15H2,1-2H3. The average Bonchev–Trinajstić information content (AvgIpc) is 2.35. The minimum Gasteiger partial charge on any atom is -0.389 e. The van der Waals surface area contributed by atoms with E-state index in [1.807, 2.05) is 0 Å². The van der Waals surface area contributed by atoms with Crippen LogP contribution in [0.5, 0.6) is 0 Å². The molecule has 0 aromatic heterocycles. The van der Waals surface area contributed by atoms with E-state index in [9.17, 15) is 5.11 Å². The molecule has 1 fully saturated rings. The van der Waals surface area contributed by atoms with Crippen LogP contribution in [0, 0.1) is 0 Å². The van der Waals surface area contributed by atoms with Gasteiger partial charge in [0.1, 0.15) is 0 Å². The average molecular weight is 258 g/mol. The maximum absolute atomic E-state index is 9.91. The van der Waals surface area contributed by atoms with E-state index in [4.69, 9.17) is 10.5 Å². The highest BCUT2D eigenvalue weighted by molar-refractivity contribution is 4.80. The zero-order valence-corrected chi connectivity index (χ0v) is 12.0. The van der Waals surface area contributed by atoms with Crippen molar-refractivity contribution in [2.45, 2.75) is 63.6 Å². The van der Waals surface area contributed by atoms with Crippen molar-refractivity contribution in [2.24, 2.45) is 5.73 Å². The number of likely N-dealkylation sites (N-methyl/N-ethyl adjacent to an activating group) is 1. The first-order valence-corrected chi connectivity index (χ1v) is 7.35. The predicted octanol–water partition coefficient (Wildman–Crippen LogP) is 1.37. The van der Waals surface area contributed by atoms with E-state index in [1.165, 1.54) is 0 Å². The Labute approximate surface area is 111 Å². The number of hydrogen-bond donors (Lipinski definition) is 2. The van der Waals surface area contributed by atoms with Crippen LogP contribution in [0.4, 0.5) is 0 Å². The van der Waals surface area contributed by atoms with E-state index in [0.29, 0.717) is 25.2 Å². The van der Waals surface area contributed by atoms with Crippen LogP contribution in [0.3, 0.4) is 0 Å². The molecule has 1 saturated carbocycles. The number of ether oxygens (including phenoxy) is 1. The van der Waals surface area contributed by atoms with Gasteiger partial charge < -0.3 is 20.5 Å². The largest absolute Gasteiger partial charge is 0.389 e. The van der Waals surface area contributed by atoms with Crippen LogP contribution in [0.2, 0.25) is 0 Å². The third kappa shape index (κ3) is 6.14. The van der Waals surface area contributed by atoms with E-state index in [-0.39, 0.29) is 6.10 Å². The summed E-state index contributed by atoms with van der Waals surface area (Å²) in [6.45, 7) is 4.06. The van der Waals surface area contributed by atoms with E-state index < -0.39 is 0 Å². The van der Waals surface area contributed by atoms with Gasteiger partial charge in [-0.05, 0) is 39.2 Å². The molecule has 0 aliphatic heterocycles. The van der Waals surface area contributed by atoms with Gasteiger partial charge >= 0.3 is 0 Å². The molecular formula is C14H30N2O2. The second-order valence-corrected chi connectivity index (χ2v) is 5.59. The molecule has 18 heavy (non-hydrogen) atoms. The zero-order valence-electron chi connectivity index (χ0n) is 12.0. The molecule has 0 heterocycles. The normalized spacial score (nSPS) is 26.5. The molecule has 0 spiro atoms. The summed E-state index contributed by atoms with van der Waals surface area (Å²) in [4.78, 5) is 2.26. The summed E-state index contributed by atoms with van der Waals surface area (Å²) in [5.74, 6) is 0. The minimum absolute atomic E-state index is 0.373. The number of nitrogens with zero attached hydrogens (tertiary/aromatic N) is 1. The van der Waals surface area contributed by atoms with Crippen LogP contribution in [0.25, 0.3) is 0 Å². The highest BCUT2D eigenvalue weighted by Crippen LogP contribution is 2.21. The minimum atomic E-state index is -0.373. The zero-order chi connectivity index (χ0) is 13.4. The SMILES string of the molecule is CCCCOCC(O)CN(C)C1CCC(N)CC1. The first-order valence-electron chi connectivity index (χ1n) is 7.35. The van der Waals surface area contributed by atoms with Crippen LogP contribution < -0.4 is 5.73 Å². The number of aliphatic hydroxyl groups excluding tert-OH is 1. The molecular weight excluding hydrogens is 228 g/mol. The fourth-order valence-corrected chi connectivity index (χ4v) is 2.54. The highest BCUT2D eigenvalue weighted by Gasteiger charge is 2.23. The lowest BCUT2D eigenvalue weighted by molar-refractivity contribution is 0.00994. The number of hydrogen-bond acceptors (Lipinski definition) is 4. The molecule has 1 aliphatic rings. The molecule has 0 aromatic carbocycles. The van der Waals surface area contributed by atoms with Crippen LogP contribution in [-0.2, 0) is 4.74 Å². The Bertz CT molecular complexity index is 206. The molecule has 3 N–H and O–H groups in total. The molecule has 1 rings (SSSR count). The number of aliphatic hydroxyl groups is 1. The molecule has 0 aromatic rings. The van der Waals surface area contributed by atoms with Crippen LogP contribution >= 0.6 is 0 Å². The Morgan fingerprint density at radius 2 is 2.00 bits per heavy atom. The van der Waals surface area contributed by atoms with E-state index in [0.717, 1.165) is 45.1 Å². The van der Waals surface area contributed by atoms with Gasteiger partial charge in [-0.1, -0.05) is 13.3 Å². The monoisotopic (exact) mass is 258 g/mol. The molecule has 0 bridgehead atoms. The van der Waals surface area contributed by atoms with Gasteiger partial charge in [-0.15, -0.1) is 0 Å². The van der Waals surface area contributed by atoms with E-state index >= 15 is 0 Å². The topological polar surface area (TPSA) is 58.7 Å². The quantitative estimate of drug-likeness (QED) is 0.646. The van der Waals surface area contributed by atoms with Crippen molar-refractivity contribution < 1.29 is 9.84 Å². The van der Waals surface area contributed by atoms with Crippen molar-refractivity contribution in [2.75, 3.05) is 26.8 Å². The van der Waals surface area contributed by atoms with Crippen LogP contribution in [-0.4, -0.2) is 55.0 Å². The summed E-state index contributed by atoms with van der Waals surface area (Å²) in [6, 6.07) is 0.965. The highest BCUT2D eigenvalue weighted by atomic mass is 16.5. The third-order valence-corrected chi connectivity index (χ3v) is 3.82. The number of rotatable bonds is 8. The Kier molecular flexibility index (Phi) is 7.82. The Morgan fingerprint density at radius 3 is 2.61 bits per heavy atom. The second kappa shape index (κ2) is 8.86. The van der Waals surface area contributed by atoms with Crippen molar-refractivity contribution in [1.82, 2.24) is 4.90 Å². The fraction of sp³-hybridized carbons (Fsp3) is 1.00. The molecule has 4 nitrogen and oxygen atoms in total. The Hall–Kier alpha value is -0.160. The summed E-state index contributed by atoms with van der Waals surface area (Å²) in [6.07, 6.45) is 6.36. The maximum atomic E-state index is 9.91. The van der Waals surface area contributed by atoms with Gasteiger partial charge in [0.15, 0.2) is 0 Å². The van der Waals surface area contributed by atoms with Crippen LogP contribution in [0.15, 0.2) is 0 Å². The van der Waals surface area contributed by atoms with Crippen molar-refractivity contribution in [3.8, 4) is 0 Å². The molecule has 1 aliphatic carbocycles. The van der Waals surface area contributed by atoms with Crippen molar-refractivity contribution in [3.63, 3.8) is 0 Å². The predicted molar refractivity (Wildman–Crippen MR) is 74.6 cm³/mol. The summed E-state index contributed by atoms with van der Waals surface area (Å²) in [7, 11) is 2.09. The maximum Gasteiger partial charge on any atom is 0.0900 e. The Balaban J connectivity index is 2.12. The molecule has 108 valence electrons. The number of unbranched alkanes of at least 4 members (excludes halogenated alkanes) is 1. The van der Waals surface area contributed by atoms with E-state index in [2.05, 4.69) is 18.9 Å². The lowest BCUT2D eigenvalue weighted by atomic mass is 9.91. The first kappa shape index (κ1) is 15.9. The third-order valence-electron chi connectivity index (χ3n) is 3.82. The van der Waals surface area contributed by atoms with Gasteiger partial charge in [0.2, 0.25) is 0 Å².